The van der Waals surface area contributed by atoms with Crippen LogP contribution in [0.4, 0.5) is 11.5 Å². The lowest BCUT2D eigenvalue weighted by Gasteiger charge is -2.23. The normalized spacial score (nSPS) is 16.4. The van der Waals surface area contributed by atoms with Crippen molar-refractivity contribution in [2.75, 3.05) is 31.7 Å². The Morgan fingerprint density at radius 2 is 2.30 bits per heavy atom. The van der Waals surface area contributed by atoms with Crippen molar-refractivity contribution >= 4 is 39.0 Å². The number of nitrogens with one attached hydrogen (secondary N) is 2. The summed E-state index contributed by atoms with van der Waals surface area (Å²) in [6.45, 7) is 3.26. The first-order valence-corrected chi connectivity index (χ1v) is 10.6. The van der Waals surface area contributed by atoms with E-state index < -0.39 is 0 Å². The molecule has 9 nitrogen and oxygen atoms in total. The number of rotatable bonds is 7. The topological polar surface area (TPSA) is 118 Å². The molecule has 0 unspecified atom stereocenters. The zero-order valence-corrected chi connectivity index (χ0v) is 17.4. The van der Waals surface area contributed by atoms with Gasteiger partial charge in [0.2, 0.25) is 5.88 Å². The fraction of sp³-hybridized carbons (Fsp3) is 0.400. The maximum absolute atomic E-state index is 12.4. The van der Waals surface area contributed by atoms with E-state index in [0.29, 0.717) is 33.7 Å². The molecule has 1 fully saturated rings. The van der Waals surface area contributed by atoms with E-state index in [1.165, 1.54) is 17.7 Å². The largest absolute Gasteiger partial charge is 0.470 e. The number of hydrogen-bond acceptors (Lipinski definition) is 9. The quantitative estimate of drug-likeness (QED) is 0.524. The second-order valence-corrected chi connectivity index (χ2v) is 7.88. The number of carbonyl (C=O) groups excluding carboxylic acids is 1. The highest BCUT2D eigenvalue weighted by molar-refractivity contribution is 7.20. The molecule has 158 valence electrons. The SMILES string of the molecule is Cc1c(C(=O)NCCO)sc2ncnc(Nc3cccnc3O[C@@H]3CCCOC3)c12. The molecule has 1 aliphatic heterocycles. The minimum Gasteiger partial charge on any atom is -0.470 e. The van der Waals surface area contributed by atoms with E-state index in [2.05, 4.69) is 25.6 Å². The van der Waals surface area contributed by atoms with Crippen molar-refractivity contribution in [2.24, 2.45) is 0 Å². The van der Waals surface area contributed by atoms with E-state index in [-0.39, 0.29) is 25.2 Å². The Bertz CT molecular complexity index is 1040. The van der Waals surface area contributed by atoms with Crippen LogP contribution in [0.3, 0.4) is 0 Å². The molecule has 0 spiro atoms. The van der Waals surface area contributed by atoms with E-state index in [4.69, 9.17) is 14.6 Å². The highest BCUT2D eigenvalue weighted by atomic mass is 32.1. The highest BCUT2D eigenvalue weighted by Gasteiger charge is 2.21. The van der Waals surface area contributed by atoms with E-state index in [9.17, 15) is 4.79 Å². The van der Waals surface area contributed by atoms with Crippen LogP contribution < -0.4 is 15.4 Å². The Labute approximate surface area is 177 Å². The Morgan fingerprint density at radius 1 is 1.40 bits per heavy atom. The van der Waals surface area contributed by atoms with Crippen LogP contribution in [0.25, 0.3) is 10.2 Å². The number of anilines is 2. The van der Waals surface area contributed by atoms with Gasteiger partial charge in [-0.25, -0.2) is 15.0 Å². The van der Waals surface area contributed by atoms with Crippen LogP contribution in [-0.4, -0.2) is 58.4 Å². The molecule has 30 heavy (non-hydrogen) atoms. The van der Waals surface area contributed by atoms with Crippen molar-refractivity contribution in [2.45, 2.75) is 25.9 Å². The number of thiophene rings is 1. The van der Waals surface area contributed by atoms with Gasteiger partial charge in [0.25, 0.3) is 5.91 Å². The lowest BCUT2D eigenvalue weighted by molar-refractivity contribution is 0.00585. The van der Waals surface area contributed by atoms with E-state index in [1.54, 1.807) is 6.20 Å². The summed E-state index contributed by atoms with van der Waals surface area (Å²) in [5.41, 5.74) is 1.46. The molecular formula is C20H23N5O4S. The first-order chi connectivity index (χ1) is 14.7. The molecule has 10 heteroatoms. The molecule has 1 saturated heterocycles. The fourth-order valence-electron chi connectivity index (χ4n) is 3.30. The van der Waals surface area contributed by atoms with Crippen molar-refractivity contribution in [3.05, 3.63) is 35.1 Å². The van der Waals surface area contributed by atoms with Crippen LogP contribution in [0.1, 0.15) is 28.1 Å². The molecular weight excluding hydrogens is 406 g/mol. The lowest BCUT2D eigenvalue weighted by atomic mass is 10.2. The average molecular weight is 430 g/mol. The summed E-state index contributed by atoms with van der Waals surface area (Å²) in [7, 11) is 0. The Kier molecular flexibility index (Phi) is 6.36. The van der Waals surface area contributed by atoms with Crippen molar-refractivity contribution in [1.29, 1.82) is 0 Å². The van der Waals surface area contributed by atoms with Crippen molar-refractivity contribution < 1.29 is 19.4 Å². The molecule has 0 radical (unpaired) electrons. The summed E-state index contributed by atoms with van der Waals surface area (Å²) in [4.78, 5) is 26.7. The van der Waals surface area contributed by atoms with Crippen molar-refractivity contribution in [3.8, 4) is 5.88 Å². The van der Waals surface area contributed by atoms with Gasteiger partial charge in [0.15, 0.2) is 0 Å². The molecule has 4 heterocycles. The molecule has 3 aromatic rings. The third-order valence-corrected chi connectivity index (χ3v) is 5.95. The summed E-state index contributed by atoms with van der Waals surface area (Å²) in [5.74, 6) is 0.819. The van der Waals surface area contributed by atoms with Gasteiger partial charge in [-0.05, 0) is 37.5 Å². The highest BCUT2D eigenvalue weighted by Crippen LogP contribution is 2.36. The summed E-state index contributed by atoms with van der Waals surface area (Å²) < 4.78 is 11.6. The van der Waals surface area contributed by atoms with Crippen molar-refractivity contribution in [1.82, 2.24) is 20.3 Å². The monoisotopic (exact) mass is 429 g/mol. The van der Waals surface area contributed by atoms with E-state index >= 15 is 0 Å². The number of aryl methyl sites for hydroxylation is 1. The number of ether oxygens (including phenoxy) is 2. The number of aliphatic hydroxyl groups excluding tert-OH is 1. The zero-order chi connectivity index (χ0) is 20.9. The van der Waals surface area contributed by atoms with Crippen LogP contribution in [0.2, 0.25) is 0 Å². The van der Waals surface area contributed by atoms with Crippen LogP contribution in [0.5, 0.6) is 5.88 Å². The molecule has 0 bridgehead atoms. The van der Waals surface area contributed by atoms with Gasteiger partial charge in [0, 0.05) is 19.3 Å². The standard InChI is InChI=1S/C20H23N5O4S/c1-12-15-17(23-11-24-20(15)30-16(12)18(27)21-7-8-26)25-14-5-2-6-22-19(14)29-13-4-3-9-28-10-13/h2,5-6,11,13,26H,3-4,7-10H2,1H3,(H,21,27)(H,23,24,25)/t13-/m1/s1. The minimum absolute atomic E-state index is 0.0377. The third kappa shape index (κ3) is 4.35. The zero-order valence-electron chi connectivity index (χ0n) is 16.6. The van der Waals surface area contributed by atoms with Crippen LogP contribution in [0.15, 0.2) is 24.7 Å². The number of aliphatic hydroxyl groups is 1. The maximum atomic E-state index is 12.4. The second-order valence-electron chi connectivity index (χ2n) is 6.88. The summed E-state index contributed by atoms with van der Waals surface area (Å²) in [6, 6.07) is 3.69. The molecule has 0 aromatic carbocycles. The van der Waals surface area contributed by atoms with E-state index in [1.807, 2.05) is 19.1 Å². The number of aromatic nitrogens is 3. The first-order valence-electron chi connectivity index (χ1n) is 9.77. The third-order valence-electron chi connectivity index (χ3n) is 4.75. The Balaban J connectivity index is 1.63. The van der Waals surface area contributed by atoms with Crippen LogP contribution >= 0.6 is 11.3 Å². The van der Waals surface area contributed by atoms with Crippen molar-refractivity contribution in [3.63, 3.8) is 0 Å². The number of amides is 1. The predicted molar refractivity (Wildman–Crippen MR) is 114 cm³/mol. The lowest BCUT2D eigenvalue weighted by Crippen LogP contribution is -2.28. The number of pyridine rings is 1. The van der Waals surface area contributed by atoms with Crippen LogP contribution in [0, 0.1) is 6.92 Å². The maximum Gasteiger partial charge on any atom is 0.261 e. The number of hydrogen-bond donors (Lipinski definition) is 3. The molecule has 3 N–H and O–H groups in total. The minimum atomic E-state index is -0.238. The summed E-state index contributed by atoms with van der Waals surface area (Å²) >= 11 is 1.29. The second kappa shape index (κ2) is 9.33. The Morgan fingerprint density at radius 3 is 3.10 bits per heavy atom. The van der Waals surface area contributed by atoms with Gasteiger partial charge in [-0.1, -0.05) is 0 Å². The summed E-state index contributed by atoms with van der Waals surface area (Å²) in [5, 5.41) is 15.7. The fourth-order valence-corrected chi connectivity index (χ4v) is 4.37. The molecule has 1 atom stereocenters. The van der Waals surface area contributed by atoms with Gasteiger partial charge in [0.1, 0.15) is 28.8 Å². The molecule has 4 rings (SSSR count). The first kappa shape index (κ1) is 20.5. The molecule has 3 aromatic heterocycles. The van der Waals surface area contributed by atoms with Gasteiger partial charge in [-0.2, -0.15) is 0 Å². The molecule has 1 aliphatic rings. The number of fused-ring (bicyclic) bond motifs is 1. The van der Waals surface area contributed by atoms with Gasteiger partial charge in [-0.3, -0.25) is 4.79 Å². The molecule has 0 aliphatic carbocycles. The van der Waals surface area contributed by atoms with E-state index in [0.717, 1.165) is 30.4 Å². The smallest absolute Gasteiger partial charge is 0.261 e. The summed E-state index contributed by atoms with van der Waals surface area (Å²) in [6.07, 6.45) is 4.98. The molecule has 1 amide bonds. The average Bonchev–Trinajstić information content (AvgIpc) is 3.12. The number of carbonyl (C=O) groups is 1. The van der Waals surface area contributed by atoms with Crippen LogP contribution in [-0.2, 0) is 4.74 Å². The van der Waals surface area contributed by atoms with Gasteiger partial charge >= 0.3 is 0 Å². The van der Waals surface area contributed by atoms with Gasteiger partial charge in [-0.15, -0.1) is 11.3 Å². The Hall–Kier alpha value is -2.82. The predicted octanol–water partition coefficient (Wildman–Crippen LogP) is 2.42. The van der Waals surface area contributed by atoms with Gasteiger partial charge < -0.3 is 25.2 Å². The van der Waals surface area contributed by atoms with Gasteiger partial charge in [0.05, 0.1) is 23.5 Å². The molecule has 0 saturated carbocycles. The number of nitrogens with zero attached hydrogens (tertiary/aromatic N) is 3.